The summed E-state index contributed by atoms with van der Waals surface area (Å²) in [4.78, 5) is 29.9. The molecule has 5 nitrogen and oxygen atoms in total. The van der Waals surface area contributed by atoms with Crippen molar-refractivity contribution in [1.82, 2.24) is 15.1 Å². The standard InChI is InChI=1S/C26H25ClFN3O2/c27-22-17-21(11-12-23(22)28)26(33)31-15-13-30(14-16-31)24(20-9-5-2-6-10-20)25(32)29-18-19-7-3-1-4-8-19/h1-12,17,24H,13-16,18H2,(H,29,32)/t24-/m1/s1. The number of amides is 2. The fourth-order valence-electron chi connectivity index (χ4n) is 4.04. The predicted octanol–water partition coefficient (Wildman–Crippen LogP) is 4.29. The average molecular weight is 466 g/mol. The lowest BCUT2D eigenvalue weighted by molar-refractivity contribution is -0.127. The van der Waals surface area contributed by atoms with Gasteiger partial charge in [0.1, 0.15) is 11.9 Å². The number of piperazine rings is 1. The maximum absolute atomic E-state index is 13.5. The van der Waals surface area contributed by atoms with Gasteiger partial charge in [0.2, 0.25) is 5.91 Å². The summed E-state index contributed by atoms with van der Waals surface area (Å²) in [5, 5.41) is 2.98. The van der Waals surface area contributed by atoms with E-state index in [0.29, 0.717) is 38.3 Å². The van der Waals surface area contributed by atoms with E-state index in [1.165, 1.54) is 18.2 Å². The number of hydrogen-bond acceptors (Lipinski definition) is 3. The van der Waals surface area contributed by atoms with Crippen molar-refractivity contribution in [3.8, 4) is 0 Å². The second-order valence-electron chi connectivity index (χ2n) is 7.97. The van der Waals surface area contributed by atoms with Crippen molar-refractivity contribution in [2.75, 3.05) is 26.2 Å². The summed E-state index contributed by atoms with van der Waals surface area (Å²) in [5.74, 6) is -0.818. The molecule has 0 unspecified atom stereocenters. The van der Waals surface area contributed by atoms with Gasteiger partial charge in [0.15, 0.2) is 0 Å². The number of nitrogens with zero attached hydrogens (tertiary/aromatic N) is 2. The first-order chi connectivity index (χ1) is 16.0. The fourth-order valence-corrected chi connectivity index (χ4v) is 4.22. The number of nitrogens with one attached hydrogen (secondary N) is 1. The monoisotopic (exact) mass is 465 g/mol. The number of rotatable bonds is 6. The molecular weight excluding hydrogens is 441 g/mol. The van der Waals surface area contributed by atoms with Gasteiger partial charge < -0.3 is 10.2 Å². The Morgan fingerprint density at radius 1 is 0.909 bits per heavy atom. The van der Waals surface area contributed by atoms with Gasteiger partial charge in [-0.25, -0.2) is 4.39 Å². The first kappa shape index (κ1) is 23.0. The minimum absolute atomic E-state index is 0.0706. The van der Waals surface area contributed by atoms with Crippen LogP contribution in [0.3, 0.4) is 0 Å². The third-order valence-electron chi connectivity index (χ3n) is 5.81. The Kier molecular flexibility index (Phi) is 7.37. The van der Waals surface area contributed by atoms with Gasteiger partial charge in [-0.2, -0.15) is 0 Å². The van der Waals surface area contributed by atoms with Crippen molar-refractivity contribution in [3.63, 3.8) is 0 Å². The second-order valence-corrected chi connectivity index (χ2v) is 8.38. The van der Waals surface area contributed by atoms with Crippen LogP contribution >= 0.6 is 11.6 Å². The lowest BCUT2D eigenvalue weighted by atomic mass is 10.0. The zero-order chi connectivity index (χ0) is 23.2. The van der Waals surface area contributed by atoms with E-state index < -0.39 is 11.9 Å². The van der Waals surface area contributed by atoms with Gasteiger partial charge in [0.25, 0.3) is 5.91 Å². The van der Waals surface area contributed by atoms with Crippen LogP contribution < -0.4 is 5.32 Å². The SMILES string of the molecule is O=C(NCc1ccccc1)[C@@H](c1ccccc1)N1CCN(C(=O)c2ccc(F)c(Cl)c2)CC1. The molecule has 3 aromatic carbocycles. The molecule has 1 fully saturated rings. The summed E-state index contributed by atoms with van der Waals surface area (Å²) < 4.78 is 13.5. The second kappa shape index (κ2) is 10.6. The highest BCUT2D eigenvalue weighted by atomic mass is 35.5. The van der Waals surface area contributed by atoms with E-state index in [2.05, 4.69) is 10.2 Å². The molecule has 0 bridgehead atoms. The van der Waals surface area contributed by atoms with Crippen LogP contribution in [0.4, 0.5) is 4.39 Å². The largest absolute Gasteiger partial charge is 0.350 e. The van der Waals surface area contributed by atoms with Gasteiger partial charge in [-0.15, -0.1) is 0 Å². The van der Waals surface area contributed by atoms with E-state index in [9.17, 15) is 14.0 Å². The summed E-state index contributed by atoms with van der Waals surface area (Å²) >= 11 is 5.84. The molecule has 1 aliphatic rings. The number of hydrogen-bond donors (Lipinski definition) is 1. The van der Waals surface area contributed by atoms with Gasteiger partial charge >= 0.3 is 0 Å². The van der Waals surface area contributed by atoms with E-state index >= 15 is 0 Å². The van der Waals surface area contributed by atoms with Crippen LogP contribution in [0, 0.1) is 5.82 Å². The molecule has 1 N–H and O–H groups in total. The molecule has 0 radical (unpaired) electrons. The van der Waals surface area contributed by atoms with E-state index in [1.54, 1.807) is 4.90 Å². The van der Waals surface area contributed by atoms with Crippen LogP contribution in [0.25, 0.3) is 0 Å². The minimum Gasteiger partial charge on any atom is -0.350 e. The fraction of sp³-hybridized carbons (Fsp3) is 0.231. The Morgan fingerprint density at radius 2 is 1.55 bits per heavy atom. The number of carbonyl (C=O) groups excluding carboxylic acids is 2. The van der Waals surface area contributed by atoms with Crippen LogP contribution in [0.2, 0.25) is 5.02 Å². The summed E-state index contributed by atoms with van der Waals surface area (Å²) in [6, 6.07) is 23.0. The normalized spacial score (nSPS) is 15.2. The summed E-state index contributed by atoms with van der Waals surface area (Å²) in [6.07, 6.45) is 0. The third kappa shape index (κ3) is 5.59. The maximum Gasteiger partial charge on any atom is 0.253 e. The molecule has 1 heterocycles. The van der Waals surface area contributed by atoms with E-state index in [1.807, 2.05) is 60.7 Å². The van der Waals surface area contributed by atoms with Gasteiger partial charge in [-0.1, -0.05) is 72.3 Å². The van der Waals surface area contributed by atoms with Crippen molar-refractivity contribution < 1.29 is 14.0 Å². The van der Waals surface area contributed by atoms with E-state index in [-0.39, 0.29) is 16.8 Å². The predicted molar refractivity (Wildman–Crippen MR) is 126 cm³/mol. The van der Waals surface area contributed by atoms with Gasteiger partial charge in [0.05, 0.1) is 5.02 Å². The Labute approximate surface area is 197 Å². The molecule has 33 heavy (non-hydrogen) atoms. The van der Waals surface area contributed by atoms with E-state index in [0.717, 1.165) is 11.1 Å². The van der Waals surface area contributed by atoms with Crippen molar-refractivity contribution in [2.45, 2.75) is 12.6 Å². The molecular formula is C26H25ClFN3O2. The van der Waals surface area contributed by atoms with Crippen molar-refractivity contribution in [3.05, 3.63) is 106 Å². The topological polar surface area (TPSA) is 52.7 Å². The summed E-state index contributed by atoms with van der Waals surface area (Å²) in [5.41, 5.74) is 2.30. The Balaban J connectivity index is 1.44. The lowest BCUT2D eigenvalue weighted by Gasteiger charge is -2.38. The molecule has 1 aliphatic heterocycles. The van der Waals surface area contributed by atoms with E-state index in [4.69, 9.17) is 11.6 Å². The van der Waals surface area contributed by atoms with Gasteiger partial charge in [-0.05, 0) is 29.3 Å². The molecule has 170 valence electrons. The number of carbonyl (C=O) groups is 2. The summed E-state index contributed by atoms with van der Waals surface area (Å²) in [6.45, 7) is 2.46. The lowest BCUT2D eigenvalue weighted by Crippen LogP contribution is -2.52. The molecule has 7 heteroatoms. The zero-order valence-electron chi connectivity index (χ0n) is 18.1. The summed E-state index contributed by atoms with van der Waals surface area (Å²) in [7, 11) is 0. The molecule has 2 amide bonds. The smallest absolute Gasteiger partial charge is 0.253 e. The van der Waals surface area contributed by atoms with Crippen molar-refractivity contribution >= 4 is 23.4 Å². The van der Waals surface area contributed by atoms with Crippen molar-refractivity contribution in [1.29, 1.82) is 0 Å². The van der Waals surface area contributed by atoms with Crippen LogP contribution in [0.5, 0.6) is 0 Å². The Bertz CT molecular complexity index is 1100. The number of benzene rings is 3. The molecule has 1 saturated heterocycles. The van der Waals surface area contributed by atoms with Gasteiger partial charge in [-0.3, -0.25) is 14.5 Å². The zero-order valence-corrected chi connectivity index (χ0v) is 18.8. The minimum atomic E-state index is -0.551. The highest BCUT2D eigenvalue weighted by molar-refractivity contribution is 6.31. The van der Waals surface area contributed by atoms with Crippen molar-refractivity contribution in [2.24, 2.45) is 0 Å². The third-order valence-corrected chi connectivity index (χ3v) is 6.10. The molecule has 0 aliphatic carbocycles. The molecule has 1 atom stereocenters. The molecule has 0 spiro atoms. The number of halogens is 2. The molecule has 3 aromatic rings. The van der Waals surface area contributed by atoms with Crippen LogP contribution in [0.15, 0.2) is 78.9 Å². The highest BCUT2D eigenvalue weighted by Crippen LogP contribution is 2.24. The van der Waals surface area contributed by atoms with Crippen LogP contribution in [0.1, 0.15) is 27.5 Å². The van der Waals surface area contributed by atoms with Gasteiger partial charge in [0, 0.05) is 38.3 Å². The first-order valence-corrected chi connectivity index (χ1v) is 11.3. The first-order valence-electron chi connectivity index (χ1n) is 10.9. The maximum atomic E-state index is 13.5. The Morgan fingerprint density at radius 3 is 2.18 bits per heavy atom. The molecule has 0 aromatic heterocycles. The van der Waals surface area contributed by atoms with Crippen LogP contribution in [-0.2, 0) is 11.3 Å². The highest BCUT2D eigenvalue weighted by Gasteiger charge is 2.31. The van der Waals surface area contributed by atoms with Crippen LogP contribution in [-0.4, -0.2) is 47.8 Å². The average Bonchev–Trinajstić information content (AvgIpc) is 2.86. The molecule has 0 saturated carbocycles. The Hall–Kier alpha value is -3.22. The molecule has 4 rings (SSSR count). The quantitative estimate of drug-likeness (QED) is 0.590.